The molecule has 0 amide bonds. The third-order valence-electron chi connectivity index (χ3n) is 5.64. The first-order valence-corrected chi connectivity index (χ1v) is 9.68. The Morgan fingerprint density at radius 1 is 1.14 bits per heavy atom. The molecule has 0 spiro atoms. The van der Waals surface area contributed by atoms with E-state index in [0.29, 0.717) is 17.4 Å². The molecule has 0 radical (unpaired) electrons. The smallest absolute Gasteiger partial charge is 0.188 e. The molecule has 1 aliphatic heterocycles. The number of pyridine rings is 1. The Kier molecular flexibility index (Phi) is 5.36. The summed E-state index contributed by atoms with van der Waals surface area (Å²) in [6.07, 6.45) is 4.14. The minimum Gasteiger partial charge on any atom is -0.486 e. The maximum absolute atomic E-state index is 8.96. The number of hydrogen-bond acceptors (Lipinski definition) is 6. The lowest BCUT2D eigenvalue weighted by molar-refractivity contribution is 0.0429. The zero-order chi connectivity index (χ0) is 19.5. The molecule has 0 unspecified atom stereocenters. The van der Waals surface area contributed by atoms with Gasteiger partial charge in [-0.25, -0.2) is 4.98 Å². The zero-order valence-corrected chi connectivity index (χ0v) is 16.3. The van der Waals surface area contributed by atoms with Crippen molar-refractivity contribution in [3.63, 3.8) is 0 Å². The predicted octanol–water partition coefficient (Wildman–Crippen LogP) is 3.54. The van der Waals surface area contributed by atoms with Gasteiger partial charge in [-0.05, 0) is 49.6 Å². The van der Waals surface area contributed by atoms with Crippen LogP contribution in [0.25, 0.3) is 0 Å². The van der Waals surface area contributed by atoms with Crippen LogP contribution in [0.1, 0.15) is 24.0 Å². The van der Waals surface area contributed by atoms with Crippen molar-refractivity contribution in [2.45, 2.75) is 25.9 Å². The van der Waals surface area contributed by atoms with Crippen LogP contribution >= 0.6 is 0 Å². The molecule has 6 nitrogen and oxygen atoms in total. The van der Waals surface area contributed by atoms with Crippen molar-refractivity contribution in [1.29, 1.82) is 5.26 Å². The van der Waals surface area contributed by atoms with E-state index in [2.05, 4.69) is 16.0 Å². The number of aryl methyl sites for hydroxylation is 1. The van der Waals surface area contributed by atoms with E-state index in [0.717, 1.165) is 48.8 Å². The highest BCUT2D eigenvalue weighted by atomic mass is 16.7. The number of aromatic nitrogens is 1. The highest BCUT2D eigenvalue weighted by Gasteiger charge is 2.44. The summed E-state index contributed by atoms with van der Waals surface area (Å²) in [5.41, 5.74) is 1.72. The predicted molar refractivity (Wildman–Crippen MR) is 105 cm³/mol. The summed E-state index contributed by atoms with van der Waals surface area (Å²) >= 11 is 0. The minimum atomic E-state index is 0.183. The molecule has 3 atom stereocenters. The molecule has 1 aromatic carbocycles. The summed E-state index contributed by atoms with van der Waals surface area (Å²) in [7, 11) is 1.61. The molecule has 2 aromatic rings. The van der Waals surface area contributed by atoms with E-state index in [4.69, 9.17) is 19.5 Å². The number of fused-ring (bicyclic) bond motifs is 2. The van der Waals surface area contributed by atoms with Crippen LogP contribution in [0.3, 0.4) is 0 Å². The average molecular weight is 379 g/mol. The fourth-order valence-corrected chi connectivity index (χ4v) is 4.29. The summed E-state index contributed by atoms with van der Waals surface area (Å²) in [5.74, 6) is 3.36. The number of rotatable bonds is 6. The molecule has 4 rings (SSSR count). The maximum atomic E-state index is 8.96. The first-order valence-electron chi connectivity index (χ1n) is 9.68. The van der Waals surface area contributed by atoms with Gasteiger partial charge < -0.3 is 19.1 Å². The van der Waals surface area contributed by atoms with Gasteiger partial charge in [0.1, 0.15) is 18.0 Å². The average Bonchev–Trinajstić information content (AvgIpc) is 2.95. The molecule has 1 saturated carbocycles. The van der Waals surface area contributed by atoms with Crippen molar-refractivity contribution in [2.75, 3.05) is 31.9 Å². The number of nitriles is 1. The van der Waals surface area contributed by atoms with Crippen LogP contribution in [0, 0.1) is 30.1 Å². The maximum Gasteiger partial charge on any atom is 0.188 e. The molecule has 0 N–H and O–H groups in total. The van der Waals surface area contributed by atoms with Crippen molar-refractivity contribution in [1.82, 2.24) is 4.98 Å². The normalized spacial score (nSPS) is 23.3. The van der Waals surface area contributed by atoms with Crippen LogP contribution in [-0.4, -0.2) is 38.1 Å². The van der Waals surface area contributed by atoms with E-state index < -0.39 is 0 Å². The van der Waals surface area contributed by atoms with Gasteiger partial charge in [0.2, 0.25) is 0 Å². The quantitative estimate of drug-likeness (QED) is 0.715. The molecule has 2 heterocycles. The van der Waals surface area contributed by atoms with E-state index in [1.54, 1.807) is 13.3 Å². The van der Waals surface area contributed by atoms with Crippen LogP contribution < -0.4 is 14.4 Å². The third-order valence-corrected chi connectivity index (χ3v) is 5.64. The number of piperidine rings is 1. The number of ether oxygens (including phenoxy) is 3. The van der Waals surface area contributed by atoms with Gasteiger partial charge in [0.15, 0.2) is 18.3 Å². The van der Waals surface area contributed by atoms with Crippen LogP contribution in [0.15, 0.2) is 36.5 Å². The Bertz CT molecular complexity index is 848. The lowest BCUT2D eigenvalue weighted by Crippen LogP contribution is -2.47. The molecular formula is C22H25N3O3. The monoisotopic (exact) mass is 379 g/mol. The van der Waals surface area contributed by atoms with Gasteiger partial charge in [0, 0.05) is 38.2 Å². The Morgan fingerprint density at radius 2 is 1.93 bits per heavy atom. The third kappa shape index (κ3) is 3.76. The number of hydrogen-bond donors (Lipinski definition) is 0. The van der Waals surface area contributed by atoms with Gasteiger partial charge in [-0.1, -0.05) is 6.07 Å². The lowest BCUT2D eigenvalue weighted by atomic mass is 9.94. The molecule has 1 aromatic heterocycles. The van der Waals surface area contributed by atoms with E-state index in [1.807, 2.05) is 37.3 Å². The number of anilines is 1. The van der Waals surface area contributed by atoms with Gasteiger partial charge in [0.25, 0.3) is 0 Å². The van der Waals surface area contributed by atoms with Gasteiger partial charge in [0.05, 0.1) is 5.56 Å². The number of methoxy groups -OCH3 is 1. The molecule has 2 fully saturated rings. The topological polar surface area (TPSA) is 67.6 Å². The summed E-state index contributed by atoms with van der Waals surface area (Å²) in [5, 5.41) is 8.96. The molecule has 1 aliphatic carbocycles. The standard InChI is InChI=1S/C22H25N3O3/c1-15-3-7-19(20(9-15)27-14-26-2)28-22-17-5-6-18(22)13-25(12-17)21-8-4-16(10-23)11-24-21/h3-4,7-9,11,17-18,22H,5-6,12-14H2,1-2H3/t17-,18+,22-. The Balaban J connectivity index is 1.48. The SMILES string of the molecule is COCOc1cc(C)ccc1O[C@@H]1[C@@H]2CC[C@H]1CN(c1ccc(C#N)cn1)C2. The highest BCUT2D eigenvalue weighted by Crippen LogP contribution is 2.42. The molecule has 146 valence electrons. The first kappa shape index (κ1) is 18.6. The molecule has 1 saturated heterocycles. The van der Waals surface area contributed by atoms with Crippen molar-refractivity contribution < 1.29 is 14.2 Å². The zero-order valence-electron chi connectivity index (χ0n) is 16.3. The summed E-state index contributed by atoms with van der Waals surface area (Å²) in [4.78, 5) is 6.79. The summed E-state index contributed by atoms with van der Waals surface area (Å²) in [6, 6.07) is 11.9. The van der Waals surface area contributed by atoms with Crippen LogP contribution in [0.4, 0.5) is 5.82 Å². The summed E-state index contributed by atoms with van der Waals surface area (Å²) in [6.45, 7) is 4.08. The fraction of sp³-hybridized carbons (Fsp3) is 0.455. The first-order chi connectivity index (χ1) is 13.7. The van der Waals surface area contributed by atoms with E-state index in [1.165, 1.54) is 0 Å². The lowest BCUT2D eigenvalue weighted by Gasteiger charge is -2.38. The van der Waals surface area contributed by atoms with Crippen molar-refractivity contribution in [3.8, 4) is 17.6 Å². The van der Waals surface area contributed by atoms with Gasteiger partial charge in [-0.15, -0.1) is 0 Å². The number of nitrogens with zero attached hydrogens (tertiary/aromatic N) is 3. The van der Waals surface area contributed by atoms with Crippen LogP contribution in [0.5, 0.6) is 11.5 Å². The second-order valence-corrected chi connectivity index (χ2v) is 7.60. The van der Waals surface area contributed by atoms with Gasteiger partial charge in [-0.2, -0.15) is 5.26 Å². The van der Waals surface area contributed by atoms with Crippen LogP contribution in [0.2, 0.25) is 0 Å². The van der Waals surface area contributed by atoms with E-state index >= 15 is 0 Å². The Hall–Kier alpha value is -2.78. The van der Waals surface area contributed by atoms with Crippen molar-refractivity contribution in [3.05, 3.63) is 47.7 Å². The van der Waals surface area contributed by atoms with Gasteiger partial charge in [-0.3, -0.25) is 0 Å². The fourth-order valence-electron chi connectivity index (χ4n) is 4.29. The molecule has 2 bridgehead atoms. The van der Waals surface area contributed by atoms with E-state index in [9.17, 15) is 0 Å². The second-order valence-electron chi connectivity index (χ2n) is 7.60. The van der Waals surface area contributed by atoms with Crippen LogP contribution in [-0.2, 0) is 4.74 Å². The molecule has 6 heteroatoms. The summed E-state index contributed by atoms with van der Waals surface area (Å²) < 4.78 is 17.2. The van der Waals surface area contributed by atoms with E-state index in [-0.39, 0.29) is 12.9 Å². The Labute approximate surface area is 165 Å². The minimum absolute atomic E-state index is 0.183. The van der Waals surface area contributed by atoms with Crippen molar-refractivity contribution in [2.24, 2.45) is 11.8 Å². The molecular weight excluding hydrogens is 354 g/mol. The number of benzene rings is 1. The van der Waals surface area contributed by atoms with Crippen molar-refractivity contribution >= 4 is 5.82 Å². The highest BCUT2D eigenvalue weighted by molar-refractivity contribution is 5.45. The molecule has 28 heavy (non-hydrogen) atoms. The second kappa shape index (κ2) is 8.07. The largest absolute Gasteiger partial charge is 0.486 e. The molecule has 2 aliphatic rings. The van der Waals surface area contributed by atoms with Gasteiger partial charge >= 0.3 is 0 Å². The Morgan fingerprint density at radius 3 is 2.57 bits per heavy atom.